The number of ether oxygens (including phenoxy) is 1. The number of carbonyl (C=O) groups excluding carboxylic acids is 1. The van der Waals surface area contributed by atoms with Crippen molar-refractivity contribution in [3.05, 3.63) is 18.9 Å². The zero-order valence-electron chi connectivity index (χ0n) is 5.89. The Morgan fingerprint density at radius 2 is 1.89 bits per heavy atom. The summed E-state index contributed by atoms with van der Waals surface area (Å²) in [5, 5.41) is 0. The fraction of sp³-hybridized carbons (Fsp3) is 0.429. The number of rotatable bonds is 2. The molecule has 0 aliphatic rings. The molecule has 0 heterocycles. The molecule has 0 aromatic rings. The molecule has 52 valence electrons. The molecule has 2 heteroatoms. The summed E-state index contributed by atoms with van der Waals surface area (Å²) in [4.78, 5) is 9.39. The third kappa shape index (κ3) is 44.0. The van der Waals surface area contributed by atoms with Crippen LogP contribution in [0.5, 0.6) is 0 Å². The molecule has 0 amide bonds. The van der Waals surface area contributed by atoms with E-state index < -0.39 is 0 Å². The van der Waals surface area contributed by atoms with Crippen molar-refractivity contribution in [1.82, 2.24) is 0 Å². The Morgan fingerprint density at radius 3 is 1.89 bits per heavy atom. The highest BCUT2D eigenvalue weighted by molar-refractivity contribution is 5.37. The molecule has 0 saturated carbocycles. The van der Waals surface area contributed by atoms with Gasteiger partial charge in [0, 0.05) is 0 Å². The zero-order valence-corrected chi connectivity index (χ0v) is 5.89. The topological polar surface area (TPSA) is 26.3 Å². The smallest absolute Gasteiger partial charge is 0.293 e. The Hall–Kier alpha value is -1.01. The minimum atomic E-state index is 0.0301. The standard InChI is InChI=1S/C4H8O2.C3H4/c1-4(2)6-3-5;1-3-2/h3-4H,1-2H3;1-2H2. The van der Waals surface area contributed by atoms with Gasteiger partial charge in [0.05, 0.1) is 6.10 Å². The van der Waals surface area contributed by atoms with Crippen molar-refractivity contribution in [2.24, 2.45) is 0 Å². The minimum Gasteiger partial charge on any atom is -0.465 e. The van der Waals surface area contributed by atoms with Gasteiger partial charge in [-0.3, -0.25) is 4.79 Å². The van der Waals surface area contributed by atoms with Crippen LogP contribution in [0.1, 0.15) is 13.8 Å². The number of hydrogen-bond acceptors (Lipinski definition) is 2. The van der Waals surface area contributed by atoms with E-state index in [4.69, 9.17) is 0 Å². The van der Waals surface area contributed by atoms with E-state index in [0.29, 0.717) is 6.47 Å². The maximum atomic E-state index is 9.39. The van der Waals surface area contributed by atoms with E-state index >= 15 is 0 Å². The summed E-state index contributed by atoms with van der Waals surface area (Å²) in [6.07, 6.45) is 0.0301. The predicted molar refractivity (Wildman–Crippen MR) is 37.1 cm³/mol. The molecule has 0 aliphatic heterocycles. The molecule has 0 unspecified atom stereocenters. The van der Waals surface area contributed by atoms with Crippen molar-refractivity contribution < 1.29 is 9.53 Å². The molecule has 0 aliphatic carbocycles. The molecule has 9 heavy (non-hydrogen) atoms. The minimum absolute atomic E-state index is 0.0301. The van der Waals surface area contributed by atoms with E-state index in [9.17, 15) is 4.79 Å². The second kappa shape index (κ2) is 10.1. The molecule has 0 bridgehead atoms. The highest BCUT2D eigenvalue weighted by Crippen LogP contribution is 1.79. The Balaban J connectivity index is 0. The van der Waals surface area contributed by atoms with Gasteiger partial charge < -0.3 is 4.74 Å². The van der Waals surface area contributed by atoms with Crippen LogP contribution in [0, 0.1) is 0 Å². The molecule has 0 N–H and O–H groups in total. The second-order valence-electron chi connectivity index (χ2n) is 1.53. The molecular weight excluding hydrogens is 116 g/mol. The van der Waals surface area contributed by atoms with Gasteiger partial charge in [-0.25, -0.2) is 0 Å². The van der Waals surface area contributed by atoms with Gasteiger partial charge in [-0.15, -0.1) is 5.73 Å². The zero-order chi connectivity index (χ0) is 7.70. The average Bonchev–Trinajstić information content (AvgIpc) is 1.67. The van der Waals surface area contributed by atoms with Crippen LogP contribution in [0.4, 0.5) is 0 Å². The Morgan fingerprint density at radius 1 is 1.56 bits per heavy atom. The molecule has 0 aromatic heterocycles. The molecule has 0 aromatic carbocycles. The van der Waals surface area contributed by atoms with Crippen LogP contribution in [0.2, 0.25) is 0 Å². The SMILES string of the molecule is C=C=C.CC(C)OC=O. The first-order chi connectivity index (χ1) is 4.18. The molecule has 0 spiro atoms. The van der Waals surface area contributed by atoms with Crippen molar-refractivity contribution in [3.63, 3.8) is 0 Å². The van der Waals surface area contributed by atoms with Crippen molar-refractivity contribution in [2.75, 3.05) is 0 Å². The molecule has 0 fully saturated rings. The normalized spacial score (nSPS) is 6.56. The molecule has 0 rings (SSSR count). The van der Waals surface area contributed by atoms with Gasteiger partial charge in [0.15, 0.2) is 0 Å². The molecule has 2 nitrogen and oxygen atoms in total. The van der Waals surface area contributed by atoms with Gasteiger partial charge in [-0.1, -0.05) is 13.2 Å². The van der Waals surface area contributed by atoms with E-state index in [1.807, 2.05) is 0 Å². The van der Waals surface area contributed by atoms with E-state index in [2.05, 4.69) is 23.6 Å². The van der Waals surface area contributed by atoms with Crippen molar-refractivity contribution >= 4 is 6.47 Å². The average molecular weight is 128 g/mol. The molecular formula is C7H12O2. The first kappa shape index (κ1) is 10.9. The Labute approximate surface area is 55.8 Å². The van der Waals surface area contributed by atoms with Gasteiger partial charge in [-0.2, -0.15) is 0 Å². The van der Waals surface area contributed by atoms with Crippen molar-refractivity contribution in [1.29, 1.82) is 0 Å². The highest BCUT2D eigenvalue weighted by atomic mass is 16.5. The largest absolute Gasteiger partial charge is 0.465 e. The first-order valence-corrected chi connectivity index (χ1v) is 2.57. The Bertz CT molecular complexity index is 89.1. The molecule has 0 radical (unpaired) electrons. The third-order valence-electron chi connectivity index (χ3n) is 0.328. The summed E-state index contributed by atoms with van der Waals surface area (Å²) in [6.45, 7) is 10.3. The Kier molecular flexibility index (Phi) is 12.2. The highest BCUT2D eigenvalue weighted by Gasteiger charge is 1.83. The lowest BCUT2D eigenvalue weighted by atomic mass is 10.5. The monoisotopic (exact) mass is 128 g/mol. The van der Waals surface area contributed by atoms with E-state index in [1.54, 1.807) is 13.8 Å². The number of hydrogen-bond donors (Lipinski definition) is 0. The van der Waals surface area contributed by atoms with Crippen molar-refractivity contribution in [3.8, 4) is 0 Å². The van der Waals surface area contributed by atoms with E-state index in [0.717, 1.165) is 0 Å². The lowest BCUT2D eigenvalue weighted by Gasteiger charge is -1.96. The summed E-state index contributed by atoms with van der Waals surface area (Å²) in [6, 6.07) is 0. The summed E-state index contributed by atoms with van der Waals surface area (Å²) >= 11 is 0. The van der Waals surface area contributed by atoms with Gasteiger partial charge in [0.2, 0.25) is 0 Å². The fourth-order valence-corrected chi connectivity index (χ4v) is 0.111. The third-order valence-corrected chi connectivity index (χ3v) is 0.328. The fourth-order valence-electron chi connectivity index (χ4n) is 0.111. The van der Waals surface area contributed by atoms with Crippen LogP contribution in [0.15, 0.2) is 18.9 Å². The van der Waals surface area contributed by atoms with Crippen LogP contribution in [0.25, 0.3) is 0 Å². The van der Waals surface area contributed by atoms with Crippen LogP contribution in [0.3, 0.4) is 0 Å². The van der Waals surface area contributed by atoms with Crippen molar-refractivity contribution in [2.45, 2.75) is 20.0 Å². The van der Waals surface area contributed by atoms with Crippen LogP contribution >= 0.6 is 0 Å². The maximum Gasteiger partial charge on any atom is 0.293 e. The van der Waals surface area contributed by atoms with Crippen LogP contribution in [-0.4, -0.2) is 12.6 Å². The first-order valence-electron chi connectivity index (χ1n) is 2.57. The van der Waals surface area contributed by atoms with Gasteiger partial charge in [0.25, 0.3) is 6.47 Å². The van der Waals surface area contributed by atoms with Crippen LogP contribution < -0.4 is 0 Å². The predicted octanol–water partition coefficient (Wildman–Crippen LogP) is 1.53. The summed E-state index contributed by atoms with van der Waals surface area (Å²) in [7, 11) is 0. The molecule has 0 saturated heterocycles. The maximum absolute atomic E-state index is 9.39. The summed E-state index contributed by atoms with van der Waals surface area (Å²) in [5.41, 5.74) is 2.25. The lowest BCUT2D eigenvalue weighted by Crippen LogP contribution is -1.98. The van der Waals surface area contributed by atoms with E-state index in [1.165, 1.54) is 0 Å². The number of carbonyl (C=O) groups is 1. The summed E-state index contributed by atoms with van der Waals surface area (Å²) < 4.78 is 4.36. The quantitative estimate of drug-likeness (QED) is 0.416. The van der Waals surface area contributed by atoms with Gasteiger partial charge >= 0.3 is 0 Å². The van der Waals surface area contributed by atoms with Gasteiger partial charge in [-0.05, 0) is 13.8 Å². The summed E-state index contributed by atoms with van der Waals surface area (Å²) in [5.74, 6) is 0. The second-order valence-corrected chi connectivity index (χ2v) is 1.53. The van der Waals surface area contributed by atoms with Gasteiger partial charge in [0.1, 0.15) is 0 Å². The van der Waals surface area contributed by atoms with E-state index in [-0.39, 0.29) is 6.10 Å². The van der Waals surface area contributed by atoms with Crippen LogP contribution in [-0.2, 0) is 9.53 Å². The molecule has 0 atom stereocenters. The lowest BCUT2D eigenvalue weighted by molar-refractivity contribution is -0.131.